The first kappa shape index (κ1) is 15.0. The van der Waals surface area contributed by atoms with E-state index in [1.165, 1.54) is 6.07 Å². The van der Waals surface area contributed by atoms with Crippen molar-refractivity contribution >= 4 is 11.6 Å². The maximum absolute atomic E-state index is 13.1. The number of rotatable bonds is 3. The van der Waals surface area contributed by atoms with Crippen LogP contribution in [0.2, 0.25) is 5.28 Å². The smallest absolute Gasteiger partial charge is 0.225 e. The summed E-state index contributed by atoms with van der Waals surface area (Å²) in [6.07, 6.45) is 0.771. The lowest BCUT2D eigenvalue weighted by Crippen LogP contribution is -2.20. The summed E-state index contributed by atoms with van der Waals surface area (Å²) in [6.45, 7) is 8.83. The predicted octanol–water partition coefficient (Wildman–Crippen LogP) is 3.92. The second-order valence-corrected chi connectivity index (χ2v) is 6.35. The molecule has 5 heteroatoms. The topological polar surface area (TPSA) is 30.7 Å². The minimum absolute atomic E-state index is 0.113. The van der Waals surface area contributed by atoms with Crippen LogP contribution in [-0.2, 0) is 18.4 Å². The average Bonchev–Trinajstić information content (AvgIpc) is 2.69. The molecule has 0 radical (unpaired) electrons. The van der Waals surface area contributed by atoms with Crippen LogP contribution in [-0.4, -0.2) is 14.8 Å². The molecular weight excluding hydrogens is 277 g/mol. The summed E-state index contributed by atoms with van der Waals surface area (Å²) >= 11 is 6.11. The number of aromatic nitrogens is 3. The summed E-state index contributed by atoms with van der Waals surface area (Å²) in [5, 5.41) is 8.50. The molecule has 0 aliphatic rings. The molecule has 1 aromatic carbocycles. The van der Waals surface area contributed by atoms with Gasteiger partial charge in [-0.2, -0.15) is 0 Å². The molecule has 1 aromatic heterocycles. The summed E-state index contributed by atoms with van der Waals surface area (Å²) < 4.78 is 15.0. The highest BCUT2D eigenvalue weighted by Crippen LogP contribution is 2.23. The predicted molar refractivity (Wildman–Crippen MR) is 78.6 cm³/mol. The summed E-state index contributed by atoms with van der Waals surface area (Å²) in [5.41, 5.74) is 1.94. The SMILES string of the molecule is Cc1cc(F)ccc1CCn1c(Cl)nnc1C(C)(C)C. The van der Waals surface area contributed by atoms with Gasteiger partial charge in [0.15, 0.2) is 0 Å². The van der Waals surface area contributed by atoms with Crippen LogP contribution in [0, 0.1) is 12.7 Å². The summed E-state index contributed by atoms with van der Waals surface area (Å²) in [7, 11) is 0. The van der Waals surface area contributed by atoms with Gasteiger partial charge < -0.3 is 4.57 Å². The van der Waals surface area contributed by atoms with Gasteiger partial charge in [0.05, 0.1) is 0 Å². The van der Waals surface area contributed by atoms with E-state index in [2.05, 4.69) is 31.0 Å². The molecule has 20 heavy (non-hydrogen) atoms. The first-order valence-electron chi connectivity index (χ1n) is 6.63. The highest BCUT2D eigenvalue weighted by molar-refractivity contribution is 6.28. The van der Waals surface area contributed by atoms with E-state index < -0.39 is 0 Å². The van der Waals surface area contributed by atoms with Gasteiger partial charge >= 0.3 is 0 Å². The molecule has 0 aliphatic carbocycles. The third kappa shape index (κ3) is 3.18. The normalized spacial score (nSPS) is 11.9. The Morgan fingerprint density at radius 2 is 1.95 bits per heavy atom. The lowest BCUT2D eigenvalue weighted by molar-refractivity contribution is 0.497. The van der Waals surface area contributed by atoms with Gasteiger partial charge in [-0.15, -0.1) is 10.2 Å². The van der Waals surface area contributed by atoms with Crippen molar-refractivity contribution in [2.45, 2.75) is 46.1 Å². The maximum Gasteiger partial charge on any atom is 0.225 e. The van der Waals surface area contributed by atoms with E-state index in [1.807, 2.05) is 17.6 Å². The minimum Gasteiger partial charge on any atom is -0.301 e. The molecule has 0 unspecified atom stereocenters. The van der Waals surface area contributed by atoms with Crippen LogP contribution in [0.3, 0.4) is 0 Å². The van der Waals surface area contributed by atoms with Crippen molar-refractivity contribution < 1.29 is 4.39 Å². The number of nitrogens with zero attached hydrogens (tertiary/aromatic N) is 3. The Morgan fingerprint density at radius 3 is 2.55 bits per heavy atom. The fourth-order valence-electron chi connectivity index (χ4n) is 2.21. The van der Waals surface area contributed by atoms with Gasteiger partial charge in [-0.05, 0) is 48.2 Å². The second-order valence-electron chi connectivity index (χ2n) is 6.02. The highest BCUT2D eigenvalue weighted by atomic mass is 35.5. The van der Waals surface area contributed by atoms with Gasteiger partial charge in [0, 0.05) is 12.0 Å². The summed E-state index contributed by atoms with van der Waals surface area (Å²) in [5.74, 6) is 0.659. The zero-order valence-electron chi connectivity index (χ0n) is 12.2. The molecule has 0 saturated carbocycles. The Bertz CT molecular complexity index is 614. The number of hydrogen-bond donors (Lipinski definition) is 0. The van der Waals surface area contributed by atoms with Crippen LogP contribution >= 0.6 is 11.6 Å². The van der Waals surface area contributed by atoms with E-state index in [0.29, 0.717) is 11.8 Å². The third-order valence-corrected chi connectivity index (χ3v) is 3.57. The molecule has 3 nitrogen and oxygen atoms in total. The Hall–Kier alpha value is -1.42. The lowest BCUT2D eigenvalue weighted by atomic mass is 9.95. The van der Waals surface area contributed by atoms with Crippen molar-refractivity contribution in [3.8, 4) is 0 Å². The Labute approximate surface area is 123 Å². The first-order chi connectivity index (χ1) is 9.29. The monoisotopic (exact) mass is 295 g/mol. The van der Waals surface area contributed by atoms with Gasteiger partial charge in [0.2, 0.25) is 5.28 Å². The highest BCUT2D eigenvalue weighted by Gasteiger charge is 2.23. The van der Waals surface area contributed by atoms with Crippen molar-refractivity contribution in [1.29, 1.82) is 0 Å². The van der Waals surface area contributed by atoms with E-state index in [1.54, 1.807) is 6.07 Å². The van der Waals surface area contributed by atoms with E-state index >= 15 is 0 Å². The van der Waals surface area contributed by atoms with E-state index in [0.717, 1.165) is 23.4 Å². The quantitative estimate of drug-likeness (QED) is 0.859. The second kappa shape index (κ2) is 5.52. The van der Waals surface area contributed by atoms with Crippen LogP contribution in [0.25, 0.3) is 0 Å². The van der Waals surface area contributed by atoms with Gasteiger partial charge in [0.25, 0.3) is 0 Å². The molecule has 0 spiro atoms. The zero-order valence-corrected chi connectivity index (χ0v) is 13.0. The van der Waals surface area contributed by atoms with E-state index in [-0.39, 0.29) is 11.2 Å². The van der Waals surface area contributed by atoms with Crippen LogP contribution in [0.15, 0.2) is 18.2 Å². The molecule has 2 aromatic rings. The Balaban J connectivity index is 2.21. The van der Waals surface area contributed by atoms with Crippen molar-refractivity contribution in [2.75, 3.05) is 0 Å². The van der Waals surface area contributed by atoms with Gasteiger partial charge in [0.1, 0.15) is 11.6 Å². The molecule has 0 N–H and O–H groups in total. The standard InChI is InChI=1S/C15H19ClFN3/c1-10-9-12(17)6-5-11(10)7-8-20-13(15(2,3)4)18-19-14(20)16/h5-6,9H,7-8H2,1-4H3. The van der Waals surface area contributed by atoms with Gasteiger partial charge in [-0.3, -0.25) is 0 Å². The lowest BCUT2D eigenvalue weighted by Gasteiger charge is -2.19. The van der Waals surface area contributed by atoms with Crippen LogP contribution < -0.4 is 0 Å². The fourth-order valence-corrected chi connectivity index (χ4v) is 2.41. The molecule has 2 rings (SSSR count). The molecule has 0 bridgehead atoms. The number of hydrogen-bond acceptors (Lipinski definition) is 2. The Kier molecular flexibility index (Phi) is 4.14. The van der Waals surface area contributed by atoms with Crippen molar-refractivity contribution in [3.63, 3.8) is 0 Å². The Morgan fingerprint density at radius 1 is 1.25 bits per heavy atom. The van der Waals surface area contributed by atoms with Crippen molar-refractivity contribution in [1.82, 2.24) is 14.8 Å². The fraction of sp³-hybridized carbons (Fsp3) is 0.467. The summed E-state index contributed by atoms with van der Waals surface area (Å²) in [6, 6.07) is 4.86. The van der Waals surface area contributed by atoms with E-state index in [4.69, 9.17) is 11.6 Å². The first-order valence-corrected chi connectivity index (χ1v) is 7.01. The molecule has 0 aliphatic heterocycles. The largest absolute Gasteiger partial charge is 0.301 e. The number of aryl methyl sites for hydroxylation is 2. The average molecular weight is 296 g/mol. The molecule has 1 heterocycles. The van der Waals surface area contributed by atoms with Crippen molar-refractivity contribution in [2.24, 2.45) is 0 Å². The van der Waals surface area contributed by atoms with E-state index in [9.17, 15) is 4.39 Å². The molecular formula is C15H19ClFN3. The number of halogens is 2. The third-order valence-electron chi connectivity index (χ3n) is 3.29. The zero-order chi connectivity index (χ0) is 14.9. The van der Waals surface area contributed by atoms with Crippen molar-refractivity contribution in [3.05, 3.63) is 46.3 Å². The van der Waals surface area contributed by atoms with Crippen LogP contribution in [0.1, 0.15) is 37.7 Å². The molecule has 108 valence electrons. The summed E-state index contributed by atoms with van der Waals surface area (Å²) in [4.78, 5) is 0. The molecule has 0 saturated heterocycles. The maximum atomic E-state index is 13.1. The van der Waals surface area contributed by atoms with Gasteiger partial charge in [-0.25, -0.2) is 4.39 Å². The van der Waals surface area contributed by atoms with Crippen LogP contribution in [0.4, 0.5) is 4.39 Å². The molecule has 0 fully saturated rings. The van der Waals surface area contributed by atoms with Gasteiger partial charge in [-0.1, -0.05) is 26.8 Å². The molecule has 0 atom stereocenters. The van der Waals surface area contributed by atoms with Crippen LogP contribution in [0.5, 0.6) is 0 Å². The molecule has 0 amide bonds. The number of benzene rings is 1. The minimum atomic E-state index is -0.205.